The highest BCUT2D eigenvalue weighted by Gasteiger charge is 2.32. The van der Waals surface area contributed by atoms with E-state index >= 15 is 0 Å². The smallest absolute Gasteiger partial charge is 0.273 e. The van der Waals surface area contributed by atoms with Crippen LogP contribution in [0, 0.1) is 11.6 Å². The predicted molar refractivity (Wildman–Crippen MR) is 94.6 cm³/mol. The summed E-state index contributed by atoms with van der Waals surface area (Å²) in [7, 11) is 3.71. The lowest BCUT2D eigenvalue weighted by atomic mass is 10.2. The van der Waals surface area contributed by atoms with E-state index in [9.17, 15) is 18.7 Å². The van der Waals surface area contributed by atoms with E-state index in [1.807, 2.05) is 23.9 Å². The minimum Gasteiger partial charge on any atom is -0.391 e. The highest BCUT2D eigenvalue weighted by atomic mass is 19.1. The van der Waals surface area contributed by atoms with Crippen LogP contribution in [-0.4, -0.2) is 65.3 Å². The van der Waals surface area contributed by atoms with Crippen molar-refractivity contribution in [1.29, 1.82) is 0 Å². The second-order valence-electron chi connectivity index (χ2n) is 6.52. The highest BCUT2D eigenvalue weighted by molar-refractivity contribution is 5.92. The molecule has 3 heterocycles. The molecule has 1 amide bonds. The van der Waals surface area contributed by atoms with Crippen molar-refractivity contribution < 1.29 is 18.7 Å². The quantitative estimate of drug-likeness (QED) is 0.786. The molecular weight excluding hydrogens is 358 g/mol. The number of rotatable bonds is 5. The van der Waals surface area contributed by atoms with Crippen LogP contribution in [0.5, 0.6) is 0 Å². The Labute approximate surface area is 154 Å². The Kier molecular flexibility index (Phi) is 5.45. The summed E-state index contributed by atoms with van der Waals surface area (Å²) in [5, 5.41) is 12.6. The SMILES string of the molecule is CN(C)c1cc(N2C[C@H](O)C[C@@H]2CNC(=O)c2ncc(F)cc2F)ncn1. The van der Waals surface area contributed by atoms with Gasteiger partial charge < -0.3 is 20.2 Å². The zero-order valence-electron chi connectivity index (χ0n) is 14.9. The first-order valence-electron chi connectivity index (χ1n) is 8.38. The second-order valence-corrected chi connectivity index (χ2v) is 6.52. The van der Waals surface area contributed by atoms with Crippen LogP contribution < -0.4 is 15.1 Å². The largest absolute Gasteiger partial charge is 0.391 e. The Hall–Kier alpha value is -2.88. The number of aromatic nitrogens is 3. The zero-order chi connectivity index (χ0) is 19.6. The van der Waals surface area contributed by atoms with Gasteiger partial charge in [0.2, 0.25) is 0 Å². The average Bonchev–Trinajstić information content (AvgIpc) is 3.00. The lowest BCUT2D eigenvalue weighted by Crippen LogP contribution is -2.41. The molecule has 2 atom stereocenters. The molecular formula is C17H20F2N6O2. The molecule has 1 aliphatic rings. The number of aliphatic hydroxyl groups excluding tert-OH is 1. The zero-order valence-corrected chi connectivity index (χ0v) is 14.9. The van der Waals surface area contributed by atoms with E-state index in [-0.39, 0.29) is 12.6 Å². The van der Waals surface area contributed by atoms with Crippen molar-refractivity contribution in [2.75, 3.05) is 37.0 Å². The van der Waals surface area contributed by atoms with Gasteiger partial charge in [0, 0.05) is 39.3 Å². The number of aliphatic hydroxyl groups is 1. The van der Waals surface area contributed by atoms with E-state index in [0.717, 1.165) is 6.20 Å². The fourth-order valence-electron chi connectivity index (χ4n) is 2.98. The van der Waals surface area contributed by atoms with Gasteiger partial charge in [0.1, 0.15) is 23.8 Å². The van der Waals surface area contributed by atoms with Crippen molar-refractivity contribution in [1.82, 2.24) is 20.3 Å². The molecule has 1 saturated heterocycles. The molecule has 0 saturated carbocycles. The lowest BCUT2D eigenvalue weighted by Gasteiger charge is -2.26. The van der Waals surface area contributed by atoms with E-state index in [1.54, 1.807) is 6.07 Å². The number of hydrogen-bond donors (Lipinski definition) is 2. The third kappa shape index (κ3) is 4.27. The Bertz CT molecular complexity index is 835. The van der Waals surface area contributed by atoms with E-state index in [0.29, 0.717) is 30.7 Å². The molecule has 1 aliphatic heterocycles. The molecule has 2 N–H and O–H groups in total. The maximum Gasteiger partial charge on any atom is 0.273 e. The number of amides is 1. The molecule has 0 unspecified atom stereocenters. The Balaban J connectivity index is 1.71. The molecule has 3 rings (SSSR count). The molecule has 8 nitrogen and oxygen atoms in total. The summed E-state index contributed by atoms with van der Waals surface area (Å²) in [4.78, 5) is 27.8. The van der Waals surface area contributed by atoms with Crippen molar-refractivity contribution in [2.24, 2.45) is 0 Å². The number of β-amino-alcohol motifs (C(OH)–C–C–N with tert-alkyl or cyclic N) is 1. The van der Waals surface area contributed by atoms with Crippen LogP contribution in [0.2, 0.25) is 0 Å². The van der Waals surface area contributed by atoms with Gasteiger partial charge in [0.25, 0.3) is 5.91 Å². The van der Waals surface area contributed by atoms with Gasteiger partial charge in [0.15, 0.2) is 11.5 Å². The van der Waals surface area contributed by atoms with Crippen molar-refractivity contribution in [2.45, 2.75) is 18.6 Å². The van der Waals surface area contributed by atoms with Crippen molar-refractivity contribution in [3.63, 3.8) is 0 Å². The second kappa shape index (κ2) is 7.78. The van der Waals surface area contributed by atoms with Crippen LogP contribution in [0.25, 0.3) is 0 Å². The van der Waals surface area contributed by atoms with E-state index in [4.69, 9.17) is 0 Å². The molecule has 2 aromatic heterocycles. The number of carbonyl (C=O) groups is 1. The third-order valence-electron chi connectivity index (χ3n) is 4.30. The number of anilines is 2. The Morgan fingerprint density at radius 1 is 1.33 bits per heavy atom. The maximum atomic E-state index is 13.7. The van der Waals surface area contributed by atoms with Crippen molar-refractivity contribution in [3.8, 4) is 0 Å². The highest BCUT2D eigenvalue weighted by Crippen LogP contribution is 2.25. The Morgan fingerprint density at radius 3 is 2.81 bits per heavy atom. The average molecular weight is 378 g/mol. The van der Waals surface area contributed by atoms with Gasteiger partial charge in [0.05, 0.1) is 18.3 Å². The summed E-state index contributed by atoms with van der Waals surface area (Å²) in [6.07, 6.45) is 2.06. The molecule has 0 spiro atoms. The van der Waals surface area contributed by atoms with Crippen LogP contribution >= 0.6 is 0 Å². The van der Waals surface area contributed by atoms with Crippen LogP contribution in [-0.2, 0) is 0 Å². The Morgan fingerprint density at radius 2 is 2.11 bits per heavy atom. The summed E-state index contributed by atoms with van der Waals surface area (Å²) in [6.45, 7) is 0.503. The summed E-state index contributed by atoms with van der Waals surface area (Å²) in [5.74, 6) is -1.29. The van der Waals surface area contributed by atoms with Gasteiger partial charge in [-0.2, -0.15) is 0 Å². The van der Waals surface area contributed by atoms with E-state index in [1.165, 1.54) is 6.33 Å². The van der Waals surface area contributed by atoms with Crippen LogP contribution in [0.1, 0.15) is 16.9 Å². The number of pyridine rings is 1. The van der Waals surface area contributed by atoms with E-state index < -0.39 is 29.3 Å². The molecule has 0 bridgehead atoms. The molecule has 2 aromatic rings. The monoisotopic (exact) mass is 378 g/mol. The van der Waals surface area contributed by atoms with Gasteiger partial charge >= 0.3 is 0 Å². The number of carbonyl (C=O) groups excluding carboxylic acids is 1. The molecule has 1 fully saturated rings. The summed E-state index contributed by atoms with van der Waals surface area (Å²) in [6, 6.07) is 2.16. The summed E-state index contributed by atoms with van der Waals surface area (Å²) < 4.78 is 26.6. The summed E-state index contributed by atoms with van der Waals surface area (Å²) >= 11 is 0. The molecule has 10 heteroatoms. The van der Waals surface area contributed by atoms with Gasteiger partial charge in [-0.1, -0.05) is 0 Å². The first-order valence-corrected chi connectivity index (χ1v) is 8.38. The fourth-order valence-corrected chi connectivity index (χ4v) is 2.98. The molecule has 144 valence electrons. The number of nitrogens with one attached hydrogen (secondary N) is 1. The van der Waals surface area contributed by atoms with Gasteiger partial charge in [-0.25, -0.2) is 23.7 Å². The summed E-state index contributed by atoms with van der Waals surface area (Å²) in [5.41, 5.74) is -0.474. The minimum absolute atomic E-state index is 0.149. The van der Waals surface area contributed by atoms with Gasteiger partial charge in [-0.05, 0) is 6.42 Å². The normalized spacial score (nSPS) is 19.2. The molecule has 0 radical (unpaired) electrons. The topological polar surface area (TPSA) is 94.5 Å². The fraction of sp³-hybridized carbons (Fsp3) is 0.412. The van der Waals surface area contributed by atoms with Crippen molar-refractivity contribution >= 4 is 17.5 Å². The first-order chi connectivity index (χ1) is 12.8. The van der Waals surface area contributed by atoms with Gasteiger partial charge in [-0.3, -0.25) is 4.79 Å². The predicted octanol–water partition coefficient (Wildman–Crippen LogP) is 0.585. The standard InChI is InChI=1S/C17H20F2N6O2/c1-24(2)14-5-15(23-9-22-14)25-8-12(26)4-11(25)7-21-17(27)16-13(19)3-10(18)6-20-16/h3,5-6,9,11-12,26H,4,7-8H2,1-2H3,(H,21,27)/t11-,12-/m1/s1. The van der Waals surface area contributed by atoms with Gasteiger partial charge in [-0.15, -0.1) is 0 Å². The third-order valence-corrected chi connectivity index (χ3v) is 4.30. The van der Waals surface area contributed by atoms with Crippen LogP contribution in [0.15, 0.2) is 24.7 Å². The number of nitrogens with zero attached hydrogens (tertiary/aromatic N) is 5. The lowest BCUT2D eigenvalue weighted by molar-refractivity contribution is 0.0940. The number of halogens is 2. The molecule has 27 heavy (non-hydrogen) atoms. The maximum absolute atomic E-state index is 13.7. The molecule has 0 aliphatic carbocycles. The number of hydrogen-bond acceptors (Lipinski definition) is 7. The van der Waals surface area contributed by atoms with Crippen LogP contribution in [0.4, 0.5) is 20.4 Å². The molecule has 0 aromatic carbocycles. The van der Waals surface area contributed by atoms with Crippen LogP contribution in [0.3, 0.4) is 0 Å². The van der Waals surface area contributed by atoms with Crippen molar-refractivity contribution in [3.05, 3.63) is 42.0 Å². The van der Waals surface area contributed by atoms with E-state index in [2.05, 4.69) is 20.3 Å². The minimum atomic E-state index is -1.03. The first kappa shape index (κ1) is 18.9.